The Hall–Kier alpha value is -1.71. The number of carboxylic acid groups (broad SMARTS) is 1. The van der Waals surface area contributed by atoms with Gasteiger partial charge < -0.3 is 14.6 Å². The minimum Gasteiger partial charge on any atom is -0.489 e. The van der Waals surface area contributed by atoms with Gasteiger partial charge in [0, 0.05) is 0 Å². The first-order chi connectivity index (χ1) is 10.1. The molecule has 1 aliphatic carbocycles. The van der Waals surface area contributed by atoms with Crippen molar-refractivity contribution in [3.8, 4) is 11.5 Å². The van der Waals surface area contributed by atoms with Crippen molar-refractivity contribution in [2.45, 2.75) is 52.1 Å². The van der Waals surface area contributed by atoms with Gasteiger partial charge in [0.15, 0.2) is 11.5 Å². The summed E-state index contributed by atoms with van der Waals surface area (Å²) >= 11 is 0. The summed E-state index contributed by atoms with van der Waals surface area (Å²) in [7, 11) is 0. The summed E-state index contributed by atoms with van der Waals surface area (Å²) in [6.45, 7) is 4.39. The van der Waals surface area contributed by atoms with E-state index in [1.807, 2.05) is 13.8 Å². The molecule has 0 aliphatic heterocycles. The Morgan fingerprint density at radius 3 is 2.62 bits per heavy atom. The topological polar surface area (TPSA) is 55.8 Å². The van der Waals surface area contributed by atoms with Crippen LogP contribution in [0.2, 0.25) is 0 Å². The van der Waals surface area contributed by atoms with Crippen molar-refractivity contribution >= 4 is 5.97 Å². The first-order valence-corrected chi connectivity index (χ1v) is 7.73. The number of benzene rings is 1. The monoisotopic (exact) mass is 292 g/mol. The van der Waals surface area contributed by atoms with E-state index in [4.69, 9.17) is 9.47 Å². The summed E-state index contributed by atoms with van der Waals surface area (Å²) in [5.41, 5.74) is 0.157. The Morgan fingerprint density at radius 2 is 2.00 bits per heavy atom. The van der Waals surface area contributed by atoms with Crippen LogP contribution in [0.1, 0.15) is 56.3 Å². The maximum Gasteiger partial charge on any atom is 0.339 e. The van der Waals surface area contributed by atoms with Gasteiger partial charge in [-0.1, -0.05) is 25.3 Å². The molecule has 0 amide bonds. The van der Waals surface area contributed by atoms with Gasteiger partial charge in [-0.2, -0.15) is 0 Å². The fourth-order valence-electron chi connectivity index (χ4n) is 2.72. The van der Waals surface area contributed by atoms with Crippen molar-refractivity contribution < 1.29 is 19.4 Å². The SMILES string of the molecule is CC(C)Oc1c(OCC2CCCCC2)cccc1C(=O)O. The zero-order chi connectivity index (χ0) is 15.2. The smallest absolute Gasteiger partial charge is 0.339 e. The summed E-state index contributed by atoms with van der Waals surface area (Å²) in [6.07, 6.45) is 6.13. The van der Waals surface area contributed by atoms with E-state index < -0.39 is 5.97 Å². The number of hydrogen-bond acceptors (Lipinski definition) is 3. The van der Waals surface area contributed by atoms with Gasteiger partial charge in [-0.3, -0.25) is 0 Å². The largest absolute Gasteiger partial charge is 0.489 e. The quantitative estimate of drug-likeness (QED) is 0.856. The van der Waals surface area contributed by atoms with Gasteiger partial charge in [-0.15, -0.1) is 0 Å². The Bertz CT molecular complexity index is 476. The van der Waals surface area contributed by atoms with E-state index in [0.717, 1.165) is 0 Å². The number of ether oxygens (including phenoxy) is 2. The lowest BCUT2D eigenvalue weighted by Crippen LogP contribution is -2.17. The molecule has 1 N–H and O–H groups in total. The van der Waals surface area contributed by atoms with Crippen LogP contribution in [-0.4, -0.2) is 23.8 Å². The fraction of sp³-hybridized carbons (Fsp3) is 0.588. The number of para-hydroxylation sites is 1. The fourth-order valence-corrected chi connectivity index (χ4v) is 2.72. The van der Waals surface area contributed by atoms with Gasteiger partial charge in [-0.25, -0.2) is 4.79 Å². The summed E-state index contributed by atoms with van der Waals surface area (Å²) in [6, 6.07) is 5.04. The number of hydrogen-bond donors (Lipinski definition) is 1. The maximum atomic E-state index is 11.3. The summed E-state index contributed by atoms with van der Waals surface area (Å²) in [5, 5.41) is 9.28. The number of aromatic carboxylic acids is 1. The van der Waals surface area contributed by atoms with Gasteiger partial charge >= 0.3 is 5.97 Å². The van der Waals surface area contributed by atoms with Gasteiger partial charge in [0.2, 0.25) is 0 Å². The number of carbonyl (C=O) groups is 1. The van der Waals surface area contributed by atoms with E-state index in [0.29, 0.717) is 24.0 Å². The van der Waals surface area contributed by atoms with Crippen molar-refractivity contribution in [3.63, 3.8) is 0 Å². The van der Waals surface area contributed by atoms with Crippen LogP contribution in [0.5, 0.6) is 11.5 Å². The van der Waals surface area contributed by atoms with Crippen molar-refractivity contribution in [1.82, 2.24) is 0 Å². The van der Waals surface area contributed by atoms with Crippen LogP contribution in [0.15, 0.2) is 18.2 Å². The van der Waals surface area contributed by atoms with Gasteiger partial charge in [-0.05, 0) is 44.7 Å². The second-order valence-electron chi connectivity index (χ2n) is 5.92. The molecule has 1 saturated carbocycles. The molecule has 2 rings (SSSR count). The molecule has 0 bridgehead atoms. The lowest BCUT2D eigenvalue weighted by molar-refractivity contribution is 0.0688. The molecule has 0 aromatic heterocycles. The molecule has 1 aliphatic rings. The van der Waals surface area contributed by atoms with Crippen molar-refractivity contribution in [3.05, 3.63) is 23.8 Å². The van der Waals surface area contributed by atoms with Gasteiger partial charge in [0.1, 0.15) is 5.56 Å². The normalized spacial score (nSPS) is 16.0. The predicted molar refractivity (Wildman–Crippen MR) is 81.2 cm³/mol. The van der Waals surface area contributed by atoms with Crippen LogP contribution in [-0.2, 0) is 0 Å². The Kier molecular flexibility index (Phi) is 5.48. The van der Waals surface area contributed by atoms with E-state index >= 15 is 0 Å². The molecule has 0 radical (unpaired) electrons. The first-order valence-electron chi connectivity index (χ1n) is 7.73. The molecule has 1 fully saturated rings. The predicted octanol–water partition coefficient (Wildman–Crippen LogP) is 4.13. The molecule has 0 heterocycles. The average Bonchev–Trinajstić information content (AvgIpc) is 2.46. The molecule has 0 unspecified atom stereocenters. The molecule has 1 aromatic carbocycles. The lowest BCUT2D eigenvalue weighted by Gasteiger charge is -2.23. The number of carboxylic acids is 1. The average molecular weight is 292 g/mol. The van der Waals surface area contributed by atoms with Crippen molar-refractivity contribution in [2.75, 3.05) is 6.61 Å². The Balaban J connectivity index is 2.12. The van der Waals surface area contributed by atoms with Gasteiger partial charge in [0.05, 0.1) is 12.7 Å². The molecule has 21 heavy (non-hydrogen) atoms. The summed E-state index contributed by atoms with van der Waals surface area (Å²) in [4.78, 5) is 11.3. The van der Waals surface area contributed by atoms with Crippen molar-refractivity contribution in [2.24, 2.45) is 5.92 Å². The zero-order valence-electron chi connectivity index (χ0n) is 12.8. The minimum absolute atomic E-state index is 0.0949. The lowest BCUT2D eigenvalue weighted by atomic mass is 9.90. The highest BCUT2D eigenvalue weighted by Gasteiger charge is 2.20. The van der Waals surface area contributed by atoms with E-state index in [2.05, 4.69) is 0 Å². The highest BCUT2D eigenvalue weighted by atomic mass is 16.5. The van der Waals surface area contributed by atoms with E-state index in [1.165, 1.54) is 32.1 Å². The van der Waals surface area contributed by atoms with Crippen molar-refractivity contribution in [1.29, 1.82) is 0 Å². The third kappa shape index (κ3) is 4.38. The third-order valence-corrected chi connectivity index (χ3v) is 3.76. The van der Waals surface area contributed by atoms with E-state index in [1.54, 1.807) is 18.2 Å². The van der Waals surface area contributed by atoms with Crippen LogP contribution < -0.4 is 9.47 Å². The molecule has 0 atom stereocenters. The third-order valence-electron chi connectivity index (χ3n) is 3.76. The van der Waals surface area contributed by atoms with Crippen LogP contribution in [0.25, 0.3) is 0 Å². The molecule has 0 saturated heterocycles. The minimum atomic E-state index is -0.992. The highest BCUT2D eigenvalue weighted by molar-refractivity contribution is 5.92. The summed E-state index contributed by atoms with van der Waals surface area (Å²) in [5.74, 6) is 0.456. The second-order valence-corrected chi connectivity index (χ2v) is 5.92. The highest BCUT2D eigenvalue weighted by Crippen LogP contribution is 2.33. The van der Waals surface area contributed by atoms with E-state index in [-0.39, 0.29) is 11.7 Å². The van der Waals surface area contributed by atoms with Crippen LogP contribution in [0.4, 0.5) is 0 Å². The molecule has 0 spiro atoms. The molecule has 116 valence electrons. The van der Waals surface area contributed by atoms with E-state index in [9.17, 15) is 9.90 Å². The second kappa shape index (κ2) is 7.34. The molecule has 4 heteroatoms. The Morgan fingerprint density at radius 1 is 1.29 bits per heavy atom. The van der Waals surface area contributed by atoms with Crippen LogP contribution >= 0.6 is 0 Å². The first kappa shape index (κ1) is 15.7. The molecular formula is C17H24O4. The van der Waals surface area contributed by atoms with Crippen LogP contribution in [0, 0.1) is 5.92 Å². The molecular weight excluding hydrogens is 268 g/mol. The zero-order valence-corrected chi connectivity index (χ0v) is 12.8. The standard InChI is InChI=1S/C17H24O4/c1-12(2)21-16-14(17(18)19)9-6-10-15(16)20-11-13-7-4-3-5-8-13/h6,9-10,12-13H,3-5,7-8,11H2,1-2H3,(H,18,19). The Labute approximate surface area is 126 Å². The maximum absolute atomic E-state index is 11.3. The van der Waals surface area contributed by atoms with Gasteiger partial charge in [0.25, 0.3) is 0 Å². The number of rotatable bonds is 6. The summed E-state index contributed by atoms with van der Waals surface area (Å²) < 4.78 is 11.6. The molecule has 4 nitrogen and oxygen atoms in total. The van der Waals surface area contributed by atoms with Crippen LogP contribution in [0.3, 0.4) is 0 Å². The molecule has 1 aromatic rings.